The Morgan fingerprint density at radius 2 is 1.60 bits per heavy atom. The van der Waals surface area contributed by atoms with Gasteiger partial charge in [-0.2, -0.15) is 0 Å². The van der Waals surface area contributed by atoms with Crippen molar-refractivity contribution in [3.8, 4) is 0 Å². The molecule has 0 amide bonds. The summed E-state index contributed by atoms with van der Waals surface area (Å²) in [7, 11) is -3.95. The highest BCUT2D eigenvalue weighted by Gasteiger charge is 2.56. The first-order chi connectivity index (χ1) is 23.0. The molecular weight excluding hydrogens is 651 g/mol. The molecule has 282 valence electrons. The van der Waals surface area contributed by atoms with Gasteiger partial charge in [-0.3, -0.25) is 4.99 Å². The first-order valence-corrected chi connectivity index (χ1v) is 25.8. The second-order valence-electron chi connectivity index (χ2n) is 20.3. The number of rotatable bonds is 10. The lowest BCUT2D eigenvalue weighted by Crippen LogP contribution is -2.49. The van der Waals surface area contributed by atoms with Gasteiger partial charge in [-0.1, -0.05) is 91.8 Å². The van der Waals surface area contributed by atoms with E-state index in [0.29, 0.717) is 24.3 Å². The van der Waals surface area contributed by atoms with Crippen LogP contribution in [0.25, 0.3) is 0 Å². The van der Waals surface area contributed by atoms with Crippen LogP contribution in [0, 0.1) is 28.6 Å². The lowest BCUT2D eigenvalue weighted by molar-refractivity contribution is 0.0969. The molecule has 8 atom stereocenters. The average molecular weight is 724 g/mol. The number of hydrogen-bond donors (Lipinski definition) is 1. The van der Waals surface area contributed by atoms with Crippen molar-refractivity contribution in [2.24, 2.45) is 33.6 Å². The molecule has 0 spiro atoms. The molecule has 5 nitrogen and oxygen atoms in total. The number of aliphatic hydroxyl groups excluding tert-OH is 1. The SMILES string of the molecule is C=C1/C(=C\C=C2/CCC[C@]3(C)[C@@H]([C@H](C)/C=C/[C@@H](O)C4(C5=NCC(C)O5)CC4)CC[C@@H]23)C[C@@H](O[Si](C)(C)C(C)(C)C)C[C@@H]1O[Si](C)(C)C(C)(C)C. The number of fused-ring (bicyclic) bond motifs is 1. The topological polar surface area (TPSA) is 60.3 Å². The van der Waals surface area contributed by atoms with Gasteiger partial charge in [0, 0.05) is 6.42 Å². The van der Waals surface area contributed by atoms with E-state index in [2.05, 4.69) is 118 Å². The zero-order valence-electron chi connectivity index (χ0n) is 34.2. The Labute approximate surface area is 308 Å². The Hall–Kier alpha value is -1.26. The molecule has 0 saturated heterocycles. The van der Waals surface area contributed by atoms with Gasteiger partial charge in [0.05, 0.1) is 30.3 Å². The summed E-state index contributed by atoms with van der Waals surface area (Å²) in [5.74, 6) is 2.41. The van der Waals surface area contributed by atoms with E-state index in [9.17, 15) is 5.11 Å². The molecule has 1 N–H and O–H groups in total. The summed E-state index contributed by atoms with van der Waals surface area (Å²) in [5, 5.41) is 11.6. The van der Waals surface area contributed by atoms with Crippen LogP contribution < -0.4 is 0 Å². The van der Waals surface area contributed by atoms with E-state index in [1.165, 1.54) is 43.3 Å². The Kier molecular flexibility index (Phi) is 11.3. The minimum absolute atomic E-state index is 0.00464. The van der Waals surface area contributed by atoms with Crippen LogP contribution in [0.3, 0.4) is 0 Å². The quantitative estimate of drug-likeness (QED) is 0.180. The molecule has 4 aliphatic carbocycles. The monoisotopic (exact) mass is 724 g/mol. The molecule has 0 bridgehead atoms. The summed E-state index contributed by atoms with van der Waals surface area (Å²) in [6.07, 6.45) is 19.0. The Morgan fingerprint density at radius 3 is 2.18 bits per heavy atom. The number of aliphatic hydroxyl groups is 1. The van der Waals surface area contributed by atoms with Gasteiger partial charge < -0.3 is 18.7 Å². The summed E-state index contributed by atoms with van der Waals surface area (Å²) in [5.41, 5.74) is 4.09. The lowest BCUT2D eigenvalue weighted by Gasteiger charge is -2.45. The summed E-state index contributed by atoms with van der Waals surface area (Å²) in [6.45, 7) is 35.9. The molecule has 0 radical (unpaired) electrons. The minimum atomic E-state index is -2.00. The highest BCUT2D eigenvalue weighted by molar-refractivity contribution is 6.74. The van der Waals surface area contributed by atoms with E-state index < -0.39 is 22.7 Å². The maximum absolute atomic E-state index is 11.3. The predicted octanol–water partition coefficient (Wildman–Crippen LogP) is 11.3. The first-order valence-electron chi connectivity index (χ1n) is 20.0. The summed E-state index contributed by atoms with van der Waals surface area (Å²) in [6, 6.07) is 0. The van der Waals surface area contributed by atoms with Gasteiger partial charge in [0.15, 0.2) is 22.5 Å². The molecule has 5 rings (SSSR count). The number of nitrogens with zero attached hydrogens (tertiary/aromatic N) is 1. The minimum Gasteiger partial charge on any atom is -0.476 e. The van der Waals surface area contributed by atoms with Crippen molar-refractivity contribution >= 4 is 22.5 Å². The molecule has 1 unspecified atom stereocenters. The van der Waals surface area contributed by atoms with Gasteiger partial charge in [-0.25, -0.2) is 0 Å². The van der Waals surface area contributed by atoms with Gasteiger partial charge in [-0.05, 0) is 129 Å². The second-order valence-corrected chi connectivity index (χ2v) is 29.8. The van der Waals surface area contributed by atoms with E-state index in [0.717, 1.165) is 31.6 Å². The number of hydrogen-bond acceptors (Lipinski definition) is 5. The van der Waals surface area contributed by atoms with E-state index in [1.807, 2.05) is 0 Å². The largest absolute Gasteiger partial charge is 0.476 e. The van der Waals surface area contributed by atoms with Crippen LogP contribution in [0.4, 0.5) is 0 Å². The maximum atomic E-state index is 11.3. The Morgan fingerprint density at radius 1 is 0.960 bits per heavy atom. The number of aliphatic imine (C=N–C) groups is 1. The van der Waals surface area contributed by atoms with Crippen LogP contribution in [0.15, 0.2) is 52.6 Å². The summed E-state index contributed by atoms with van der Waals surface area (Å²) < 4.78 is 20.2. The van der Waals surface area contributed by atoms with Crippen molar-refractivity contribution in [3.63, 3.8) is 0 Å². The van der Waals surface area contributed by atoms with Gasteiger partial charge in [0.25, 0.3) is 0 Å². The highest BCUT2D eigenvalue weighted by Crippen LogP contribution is 2.60. The van der Waals surface area contributed by atoms with Crippen LogP contribution >= 0.6 is 0 Å². The van der Waals surface area contributed by atoms with Crippen molar-refractivity contribution in [1.82, 2.24) is 0 Å². The fourth-order valence-electron chi connectivity index (χ4n) is 9.03. The number of allylic oxidation sites excluding steroid dienone is 4. The fourth-order valence-corrected chi connectivity index (χ4v) is 11.7. The van der Waals surface area contributed by atoms with Crippen LogP contribution in [0.5, 0.6) is 0 Å². The van der Waals surface area contributed by atoms with Crippen molar-refractivity contribution in [3.05, 3.63) is 47.6 Å². The highest BCUT2D eigenvalue weighted by atomic mass is 28.4. The van der Waals surface area contributed by atoms with Crippen LogP contribution in [0.2, 0.25) is 36.3 Å². The van der Waals surface area contributed by atoms with E-state index in [-0.39, 0.29) is 39.2 Å². The maximum Gasteiger partial charge on any atom is 0.193 e. The molecule has 5 aliphatic rings. The molecular formula is C43H73NO4Si2. The molecule has 1 heterocycles. The van der Waals surface area contributed by atoms with Crippen molar-refractivity contribution < 1.29 is 18.7 Å². The lowest BCUT2D eigenvalue weighted by atomic mass is 9.61. The summed E-state index contributed by atoms with van der Waals surface area (Å²) in [4.78, 5) is 4.64. The third-order valence-electron chi connectivity index (χ3n) is 14.6. The van der Waals surface area contributed by atoms with E-state index in [4.69, 9.17) is 20.2 Å². The molecule has 0 aromatic heterocycles. The van der Waals surface area contributed by atoms with Gasteiger partial charge in [0.1, 0.15) is 6.10 Å². The molecule has 7 heteroatoms. The third-order valence-corrected chi connectivity index (χ3v) is 23.6. The Balaban J connectivity index is 1.34. The summed E-state index contributed by atoms with van der Waals surface area (Å²) >= 11 is 0. The van der Waals surface area contributed by atoms with Crippen molar-refractivity contribution in [2.45, 2.75) is 181 Å². The van der Waals surface area contributed by atoms with Gasteiger partial charge >= 0.3 is 0 Å². The normalized spacial score (nSPS) is 35.0. The molecule has 0 aromatic carbocycles. The fraction of sp³-hybridized carbons (Fsp3) is 0.791. The van der Waals surface area contributed by atoms with Crippen molar-refractivity contribution in [1.29, 1.82) is 0 Å². The zero-order valence-corrected chi connectivity index (χ0v) is 36.2. The molecule has 4 saturated carbocycles. The van der Waals surface area contributed by atoms with Gasteiger partial charge in [0.2, 0.25) is 0 Å². The van der Waals surface area contributed by atoms with Crippen LogP contribution in [-0.4, -0.2) is 58.6 Å². The van der Waals surface area contributed by atoms with E-state index in [1.54, 1.807) is 5.57 Å². The standard InChI is InChI=1S/C43H73NO4Si2/c1-29(17-22-38(45)43(24-25-43)39-44-28-30(2)46-39)35-20-21-36-32(16-15-23-42(35,36)10)18-19-33-26-34(47-49(11,12)40(4,5)6)27-37(31(33)3)48-50(13,14)41(7,8)9/h17-19,22,29-30,34-38,45H,3,15-16,20-21,23-28H2,1-2,4-14H3/b22-17+,32-18+,33-19-/t29-,30?,34-,35-,36+,37+,38-,42-/m1/s1. The van der Waals surface area contributed by atoms with Crippen molar-refractivity contribution in [2.75, 3.05) is 6.54 Å². The van der Waals surface area contributed by atoms with Crippen LogP contribution in [0.1, 0.15) is 120 Å². The molecule has 4 fully saturated rings. The first kappa shape index (κ1) is 39.9. The second kappa shape index (κ2) is 14.2. The molecule has 1 aliphatic heterocycles. The molecule has 50 heavy (non-hydrogen) atoms. The predicted molar refractivity (Wildman–Crippen MR) is 216 cm³/mol. The number of ether oxygens (including phenoxy) is 1. The smallest absolute Gasteiger partial charge is 0.193 e. The third kappa shape index (κ3) is 7.98. The molecule has 0 aromatic rings. The average Bonchev–Trinajstić information content (AvgIpc) is 3.56. The Bertz CT molecular complexity index is 1390. The van der Waals surface area contributed by atoms with E-state index >= 15 is 0 Å². The van der Waals surface area contributed by atoms with Gasteiger partial charge in [-0.15, -0.1) is 0 Å². The zero-order chi connectivity index (χ0) is 37.1. The van der Waals surface area contributed by atoms with Crippen LogP contribution in [-0.2, 0) is 13.6 Å².